The number of anilines is 1. The summed E-state index contributed by atoms with van der Waals surface area (Å²) in [6, 6.07) is -0.555. The van der Waals surface area contributed by atoms with E-state index in [0.717, 1.165) is 11.3 Å². The normalized spacial score (nSPS) is 20.8. The summed E-state index contributed by atoms with van der Waals surface area (Å²) in [6.45, 7) is 0.0331. The summed E-state index contributed by atoms with van der Waals surface area (Å²) in [7, 11) is 0. The highest BCUT2D eigenvalue weighted by Gasteiger charge is 2.42. The number of hydrogen-bond donors (Lipinski definition) is 1. The van der Waals surface area contributed by atoms with Gasteiger partial charge in [-0.2, -0.15) is 13.2 Å². The summed E-state index contributed by atoms with van der Waals surface area (Å²) in [6.07, 6.45) is -3.82. The van der Waals surface area contributed by atoms with E-state index in [-0.39, 0.29) is 18.1 Å². The quantitative estimate of drug-likeness (QED) is 0.859. The van der Waals surface area contributed by atoms with Crippen LogP contribution in [-0.2, 0) is 0 Å². The summed E-state index contributed by atoms with van der Waals surface area (Å²) in [5.74, 6) is -1.44. The number of urea groups is 1. The number of hydrogen-bond acceptors (Lipinski definition) is 4. The summed E-state index contributed by atoms with van der Waals surface area (Å²) in [5, 5.41) is 9.85. The first-order valence-corrected chi connectivity index (χ1v) is 6.23. The molecule has 9 heteroatoms. The lowest BCUT2D eigenvalue weighted by molar-refractivity contribution is -0.183. The van der Waals surface area contributed by atoms with Crippen molar-refractivity contribution in [1.29, 1.82) is 0 Å². The molecule has 0 aliphatic carbocycles. The Morgan fingerprint density at radius 3 is 2.94 bits per heavy atom. The molecule has 0 bridgehead atoms. The van der Waals surface area contributed by atoms with Crippen molar-refractivity contribution in [2.45, 2.75) is 19.0 Å². The number of rotatable bonds is 1. The number of aromatic nitrogens is 2. The Bertz CT molecular complexity index is 408. The molecule has 0 spiro atoms. The highest BCUT2D eigenvalue weighted by molar-refractivity contribution is 7.13. The second-order valence-corrected chi connectivity index (χ2v) is 4.83. The molecule has 1 fully saturated rings. The molecule has 1 aliphatic heterocycles. The van der Waals surface area contributed by atoms with Crippen molar-refractivity contribution in [3.8, 4) is 0 Å². The van der Waals surface area contributed by atoms with E-state index >= 15 is 0 Å². The van der Waals surface area contributed by atoms with Gasteiger partial charge in [-0.15, -0.1) is 10.2 Å². The molecule has 0 saturated carbocycles. The molecule has 1 aliphatic rings. The first kappa shape index (κ1) is 13.1. The second kappa shape index (κ2) is 5.09. The van der Waals surface area contributed by atoms with Crippen LogP contribution in [0.15, 0.2) is 5.51 Å². The van der Waals surface area contributed by atoms with Crippen molar-refractivity contribution in [1.82, 2.24) is 15.1 Å². The van der Waals surface area contributed by atoms with E-state index in [4.69, 9.17) is 0 Å². The maximum absolute atomic E-state index is 12.6. The monoisotopic (exact) mass is 280 g/mol. The minimum atomic E-state index is -4.25. The van der Waals surface area contributed by atoms with E-state index in [1.807, 2.05) is 0 Å². The van der Waals surface area contributed by atoms with Crippen molar-refractivity contribution in [2.75, 3.05) is 18.4 Å². The van der Waals surface area contributed by atoms with Crippen molar-refractivity contribution in [2.24, 2.45) is 5.92 Å². The van der Waals surface area contributed by atoms with Crippen molar-refractivity contribution < 1.29 is 18.0 Å². The third-order valence-corrected chi connectivity index (χ3v) is 3.35. The fraction of sp³-hybridized carbons (Fsp3) is 0.667. The van der Waals surface area contributed by atoms with Gasteiger partial charge in [0.1, 0.15) is 5.51 Å². The van der Waals surface area contributed by atoms with Gasteiger partial charge >= 0.3 is 12.2 Å². The van der Waals surface area contributed by atoms with Gasteiger partial charge in [-0.1, -0.05) is 11.3 Å². The first-order chi connectivity index (χ1) is 8.47. The van der Waals surface area contributed by atoms with Crippen molar-refractivity contribution in [3.63, 3.8) is 0 Å². The molecule has 1 aromatic heterocycles. The van der Waals surface area contributed by atoms with E-state index in [1.165, 1.54) is 10.4 Å². The zero-order chi connectivity index (χ0) is 13.2. The Balaban J connectivity index is 1.94. The van der Waals surface area contributed by atoms with Crippen molar-refractivity contribution >= 4 is 22.5 Å². The van der Waals surface area contributed by atoms with E-state index in [0.29, 0.717) is 13.0 Å². The standard InChI is InChI=1S/C9H11F3N4OS/c10-9(11,12)6-2-1-3-16(4-6)8(17)14-7-15-13-5-18-7/h5-6H,1-4H2,(H,14,15,17)/t6-/m1/s1. The minimum absolute atomic E-state index is 0.0755. The van der Waals surface area contributed by atoms with Crippen LogP contribution in [0.3, 0.4) is 0 Å². The van der Waals surface area contributed by atoms with Gasteiger partial charge in [0.2, 0.25) is 5.13 Å². The number of amides is 2. The smallest absolute Gasteiger partial charge is 0.324 e. The third kappa shape index (κ3) is 3.09. The molecule has 2 amide bonds. The molecular formula is C9H11F3N4OS. The fourth-order valence-electron chi connectivity index (χ4n) is 1.83. The molecule has 0 aromatic carbocycles. The molecule has 0 unspecified atom stereocenters. The number of nitrogens with one attached hydrogen (secondary N) is 1. The lowest BCUT2D eigenvalue weighted by Crippen LogP contribution is -2.46. The molecule has 1 saturated heterocycles. The van der Waals surface area contributed by atoms with Gasteiger partial charge in [0.05, 0.1) is 5.92 Å². The molecule has 5 nitrogen and oxygen atoms in total. The first-order valence-electron chi connectivity index (χ1n) is 5.35. The fourth-order valence-corrected chi connectivity index (χ4v) is 2.26. The molecule has 100 valence electrons. The average molecular weight is 280 g/mol. The van der Waals surface area contributed by atoms with Crippen LogP contribution in [0, 0.1) is 5.92 Å². The second-order valence-electron chi connectivity index (χ2n) is 4.00. The Morgan fingerprint density at radius 1 is 1.56 bits per heavy atom. The van der Waals surface area contributed by atoms with Crippen LogP contribution in [0.5, 0.6) is 0 Å². The number of halogens is 3. The average Bonchev–Trinajstić information content (AvgIpc) is 2.81. The Labute approximate surface area is 105 Å². The summed E-state index contributed by atoms with van der Waals surface area (Å²) >= 11 is 1.12. The van der Waals surface area contributed by atoms with Crippen LogP contribution in [0.4, 0.5) is 23.1 Å². The van der Waals surface area contributed by atoms with Crippen LogP contribution < -0.4 is 5.32 Å². The predicted octanol–water partition coefficient (Wildman–Crippen LogP) is 2.34. The third-order valence-electron chi connectivity index (χ3n) is 2.75. The Kier molecular flexibility index (Phi) is 3.69. The number of nitrogens with zero attached hydrogens (tertiary/aromatic N) is 3. The summed E-state index contributed by atoms with van der Waals surface area (Å²) in [5.41, 5.74) is 1.43. The highest BCUT2D eigenvalue weighted by Crippen LogP contribution is 2.33. The maximum atomic E-state index is 12.6. The topological polar surface area (TPSA) is 58.1 Å². The number of alkyl halides is 3. The van der Waals surface area contributed by atoms with E-state index in [2.05, 4.69) is 15.5 Å². The number of piperidine rings is 1. The Hall–Kier alpha value is -1.38. The van der Waals surface area contributed by atoms with Gasteiger partial charge in [0.15, 0.2) is 0 Å². The number of likely N-dealkylation sites (tertiary alicyclic amines) is 1. The number of carbonyl (C=O) groups is 1. The summed E-state index contributed by atoms with van der Waals surface area (Å²) in [4.78, 5) is 12.9. The molecule has 1 N–H and O–H groups in total. The molecular weight excluding hydrogens is 269 g/mol. The van der Waals surface area contributed by atoms with Crippen LogP contribution >= 0.6 is 11.3 Å². The van der Waals surface area contributed by atoms with Crippen molar-refractivity contribution in [3.05, 3.63) is 5.51 Å². The van der Waals surface area contributed by atoms with Gasteiger partial charge in [-0.25, -0.2) is 4.79 Å². The number of carbonyl (C=O) groups excluding carboxylic acids is 1. The van der Waals surface area contributed by atoms with E-state index < -0.39 is 18.1 Å². The molecule has 0 radical (unpaired) electrons. The van der Waals surface area contributed by atoms with Crippen LogP contribution in [-0.4, -0.2) is 40.4 Å². The van der Waals surface area contributed by atoms with E-state index in [9.17, 15) is 18.0 Å². The zero-order valence-electron chi connectivity index (χ0n) is 9.28. The van der Waals surface area contributed by atoms with Crippen LogP contribution in [0.2, 0.25) is 0 Å². The minimum Gasteiger partial charge on any atom is -0.324 e. The van der Waals surface area contributed by atoms with Gasteiger partial charge in [-0.3, -0.25) is 5.32 Å². The predicted molar refractivity (Wildman–Crippen MR) is 59.3 cm³/mol. The SMILES string of the molecule is O=C(Nc1nncs1)N1CCC[C@@H](C(F)(F)F)C1. The molecule has 1 atom stereocenters. The molecule has 1 aromatic rings. The Morgan fingerprint density at radius 2 is 2.33 bits per heavy atom. The van der Waals surface area contributed by atoms with Gasteiger partial charge in [0.25, 0.3) is 0 Å². The van der Waals surface area contributed by atoms with Crippen LogP contribution in [0.1, 0.15) is 12.8 Å². The highest BCUT2D eigenvalue weighted by atomic mass is 32.1. The maximum Gasteiger partial charge on any atom is 0.393 e. The largest absolute Gasteiger partial charge is 0.393 e. The van der Waals surface area contributed by atoms with Crippen LogP contribution in [0.25, 0.3) is 0 Å². The lowest BCUT2D eigenvalue weighted by atomic mass is 9.98. The lowest BCUT2D eigenvalue weighted by Gasteiger charge is -2.33. The molecule has 18 heavy (non-hydrogen) atoms. The van der Waals surface area contributed by atoms with E-state index in [1.54, 1.807) is 0 Å². The van der Waals surface area contributed by atoms with Gasteiger partial charge < -0.3 is 4.90 Å². The zero-order valence-corrected chi connectivity index (χ0v) is 10.1. The molecule has 2 heterocycles. The summed E-state index contributed by atoms with van der Waals surface area (Å²) < 4.78 is 37.7. The van der Waals surface area contributed by atoms with Gasteiger partial charge in [-0.05, 0) is 12.8 Å². The van der Waals surface area contributed by atoms with Gasteiger partial charge in [0, 0.05) is 13.1 Å². The molecule has 2 rings (SSSR count).